The number of fused-ring (bicyclic) bond motifs is 1. The summed E-state index contributed by atoms with van der Waals surface area (Å²) in [5, 5.41) is 3.04. The Morgan fingerprint density at radius 3 is 2.50 bits per heavy atom. The second-order valence-electron chi connectivity index (χ2n) is 8.35. The van der Waals surface area contributed by atoms with Crippen LogP contribution in [0.15, 0.2) is 84.2 Å². The summed E-state index contributed by atoms with van der Waals surface area (Å²) < 4.78 is 5.86. The molecule has 0 fully saturated rings. The predicted molar refractivity (Wildman–Crippen MR) is 135 cm³/mol. The topological polar surface area (TPSA) is 59.5 Å². The standard InChI is InChI=1S/C28H24N2O3S/c1-18(27(31)21-11-7-4-8-12-21)30-24-16-22(13-14-25(24)33-19(2)28(30)32)23-17-34-26(29-23)15-20-9-5-3-6-10-20/h3-14,16-19H,15H2,1-2H3. The first-order chi connectivity index (χ1) is 16.5. The largest absolute Gasteiger partial charge is 0.479 e. The second kappa shape index (κ2) is 9.23. The zero-order valence-electron chi connectivity index (χ0n) is 19.0. The van der Waals surface area contributed by atoms with Gasteiger partial charge in [-0.05, 0) is 37.6 Å². The van der Waals surface area contributed by atoms with Crippen LogP contribution < -0.4 is 9.64 Å². The van der Waals surface area contributed by atoms with Gasteiger partial charge in [0.25, 0.3) is 5.91 Å². The van der Waals surface area contributed by atoms with Crippen LogP contribution >= 0.6 is 11.3 Å². The molecule has 6 heteroatoms. The van der Waals surface area contributed by atoms with E-state index in [1.54, 1.807) is 42.2 Å². The molecule has 0 spiro atoms. The maximum absolute atomic E-state index is 13.2. The third-order valence-electron chi connectivity index (χ3n) is 5.98. The molecule has 1 amide bonds. The monoisotopic (exact) mass is 468 g/mol. The van der Waals surface area contributed by atoms with E-state index >= 15 is 0 Å². The first kappa shape index (κ1) is 22.0. The summed E-state index contributed by atoms with van der Waals surface area (Å²) in [6, 6.07) is 24.3. The Morgan fingerprint density at radius 2 is 1.76 bits per heavy atom. The molecule has 0 aliphatic carbocycles. The van der Waals surface area contributed by atoms with Gasteiger partial charge in [-0.15, -0.1) is 11.3 Å². The minimum absolute atomic E-state index is 0.113. The van der Waals surface area contributed by atoms with Crippen LogP contribution in [0.2, 0.25) is 0 Å². The molecule has 5 rings (SSSR count). The van der Waals surface area contributed by atoms with Crippen LogP contribution in [0.1, 0.15) is 34.8 Å². The molecule has 0 radical (unpaired) electrons. The zero-order chi connectivity index (χ0) is 23.7. The number of hydrogen-bond donors (Lipinski definition) is 0. The highest BCUT2D eigenvalue weighted by atomic mass is 32.1. The number of anilines is 1. The van der Waals surface area contributed by atoms with Crippen molar-refractivity contribution < 1.29 is 14.3 Å². The SMILES string of the molecule is CC1Oc2ccc(-c3csc(Cc4ccccc4)n3)cc2N(C(C)C(=O)c2ccccc2)C1=O. The predicted octanol–water partition coefficient (Wildman–Crippen LogP) is 5.79. The summed E-state index contributed by atoms with van der Waals surface area (Å²) in [6.07, 6.45) is 0.103. The smallest absolute Gasteiger partial charge is 0.268 e. The summed E-state index contributed by atoms with van der Waals surface area (Å²) in [6.45, 7) is 3.48. The second-order valence-corrected chi connectivity index (χ2v) is 9.29. The van der Waals surface area contributed by atoms with Crippen LogP contribution in [-0.4, -0.2) is 28.8 Å². The minimum atomic E-state index is -0.667. The van der Waals surface area contributed by atoms with Gasteiger partial charge < -0.3 is 4.74 Å². The number of benzene rings is 3. The summed E-state index contributed by atoms with van der Waals surface area (Å²) in [5.41, 5.74) is 4.09. The van der Waals surface area contributed by atoms with E-state index in [2.05, 4.69) is 12.1 Å². The highest BCUT2D eigenvalue weighted by Crippen LogP contribution is 2.39. The van der Waals surface area contributed by atoms with Crippen molar-refractivity contribution >= 4 is 28.7 Å². The van der Waals surface area contributed by atoms with Crippen LogP contribution in [0.25, 0.3) is 11.3 Å². The van der Waals surface area contributed by atoms with E-state index in [9.17, 15) is 9.59 Å². The van der Waals surface area contributed by atoms with Gasteiger partial charge in [-0.2, -0.15) is 0 Å². The van der Waals surface area contributed by atoms with Crippen LogP contribution in [-0.2, 0) is 11.2 Å². The molecule has 170 valence electrons. The first-order valence-electron chi connectivity index (χ1n) is 11.2. The number of aromatic nitrogens is 1. The lowest BCUT2D eigenvalue weighted by Gasteiger charge is -2.36. The third-order valence-corrected chi connectivity index (χ3v) is 6.83. The number of Topliss-reactive ketones (excluding diaryl/α,β-unsaturated/α-hetero) is 1. The highest BCUT2D eigenvalue weighted by Gasteiger charge is 2.37. The Morgan fingerprint density at radius 1 is 1.06 bits per heavy atom. The zero-order valence-corrected chi connectivity index (χ0v) is 19.8. The molecule has 2 unspecified atom stereocenters. The van der Waals surface area contributed by atoms with Crippen molar-refractivity contribution in [3.05, 3.63) is 100 Å². The third kappa shape index (κ3) is 4.24. The van der Waals surface area contributed by atoms with E-state index < -0.39 is 12.1 Å². The fraction of sp³-hybridized carbons (Fsp3) is 0.179. The maximum Gasteiger partial charge on any atom is 0.268 e. The number of ketones is 1. The van der Waals surface area contributed by atoms with E-state index in [1.165, 1.54) is 5.56 Å². The maximum atomic E-state index is 13.2. The molecular weight excluding hydrogens is 444 g/mol. The van der Waals surface area contributed by atoms with Crippen molar-refractivity contribution in [3.8, 4) is 17.0 Å². The lowest BCUT2D eigenvalue weighted by Crippen LogP contribution is -2.51. The highest BCUT2D eigenvalue weighted by molar-refractivity contribution is 7.10. The molecule has 0 bridgehead atoms. The van der Waals surface area contributed by atoms with Crippen molar-refractivity contribution in [1.29, 1.82) is 0 Å². The number of carbonyl (C=O) groups is 2. The van der Waals surface area contributed by atoms with Crippen LogP contribution in [0.3, 0.4) is 0 Å². The van der Waals surface area contributed by atoms with Crippen LogP contribution in [0.5, 0.6) is 5.75 Å². The Balaban J connectivity index is 1.47. The van der Waals surface area contributed by atoms with E-state index in [1.807, 2.05) is 60.0 Å². The molecule has 2 heterocycles. The number of thiazole rings is 1. The quantitative estimate of drug-likeness (QED) is 0.336. The molecule has 2 atom stereocenters. The normalized spacial score (nSPS) is 16.0. The number of ether oxygens (including phenoxy) is 1. The number of amides is 1. The van der Waals surface area contributed by atoms with Gasteiger partial charge >= 0.3 is 0 Å². The lowest BCUT2D eigenvalue weighted by molar-refractivity contribution is -0.125. The average Bonchev–Trinajstić information content (AvgIpc) is 3.33. The number of carbonyl (C=O) groups excluding carboxylic acids is 2. The summed E-state index contributed by atoms with van der Waals surface area (Å²) in [5.74, 6) is 0.242. The van der Waals surface area contributed by atoms with Gasteiger partial charge in [-0.3, -0.25) is 14.5 Å². The Bertz CT molecular complexity index is 1330. The molecule has 34 heavy (non-hydrogen) atoms. The number of rotatable bonds is 6. The molecule has 0 N–H and O–H groups in total. The lowest BCUT2D eigenvalue weighted by atomic mass is 10.0. The van der Waals surface area contributed by atoms with Crippen molar-refractivity contribution in [2.45, 2.75) is 32.4 Å². The molecule has 3 aromatic carbocycles. The molecule has 1 aliphatic rings. The Labute approximate surface area is 202 Å². The molecule has 0 saturated heterocycles. The van der Waals surface area contributed by atoms with Gasteiger partial charge in [0.15, 0.2) is 11.9 Å². The Hall–Kier alpha value is -3.77. The van der Waals surface area contributed by atoms with Gasteiger partial charge in [-0.1, -0.05) is 60.7 Å². The van der Waals surface area contributed by atoms with Crippen LogP contribution in [0, 0.1) is 0 Å². The van der Waals surface area contributed by atoms with Gasteiger partial charge in [0.1, 0.15) is 5.75 Å². The van der Waals surface area contributed by atoms with Gasteiger partial charge in [0.2, 0.25) is 0 Å². The average molecular weight is 469 g/mol. The summed E-state index contributed by atoms with van der Waals surface area (Å²) in [4.78, 5) is 32.7. The number of nitrogens with zero attached hydrogens (tertiary/aromatic N) is 2. The molecular formula is C28H24N2O3S. The van der Waals surface area contributed by atoms with Gasteiger partial charge in [0, 0.05) is 22.9 Å². The van der Waals surface area contributed by atoms with Crippen molar-refractivity contribution in [3.63, 3.8) is 0 Å². The van der Waals surface area contributed by atoms with E-state index in [-0.39, 0.29) is 11.7 Å². The molecule has 4 aromatic rings. The molecule has 0 saturated carbocycles. The minimum Gasteiger partial charge on any atom is -0.479 e. The van der Waals surface area contributed by atoms with Crippen molar-refractivity contribution in [1.82, 2.24) is 4.98 Å². The van der Waals surface area contributed by atoms with E-state index in [0.717, 1.165) is 22.7 Å². The van der Waals surface area contributed by atoms with Crippen LogP contribution in [0.4, 0.5) is 5.69 Å². The van der Waals surface area contributed by atoms with Crippen molar-refractivity contribution in [2.75, 3.05) is 4.90 Å². The Kier molecular flexibility index (Phi) is 5.99. The van der Waals surface area contributed by atoms with E-state index in [4.69, 9.17) is 9.72 Å². The number of hydrogen-bond acceptors (Lipinski definition) is 5. The van der Waals surface area contributed by atoms with Gasteiger partial charge in [-0.25, -0.2) is 4.98 Å². The fourth-order valence-electron chi connectivity index (χ4n) is 4.18. The van der Waals surface area contributed by atoms with E-state index in [0.29, 0.717) is 17.0 Å². The molecule has 1 aromatic heterocycles. The fourth-order valence-corrected chi connectivity index (χ4v) is 5.01. The van der Waals surface area contributed by atoms with Crippen molar-refractivity contribution in [2.24, 2.45) is 0 Å². The first-order valence-corrected chi connectivity index (χ1v) is 12.1. The summed E-state index contributed by atoms with van der Waals surface area (Å²) >= 11 is 1.61. The summed E-state index contributed by atoms with van der Waals surface area (Å²) in [7, 11) is 0. The molecule has 5 nitrogen and oxygen atoms in total. The molecule has 1 aliphatic heterocycles. The van der Waals surface area contributed by atoms with Gasteiger partial charge in [0.05, 0.1) is 22.4 Å².